The van der Waals surface area contributed by atoms with Gasteiger partial charge in [0.1, 0.15) is 5.82 Å². The van der Waals surface area contributed by atoms with Gasteiger partial charge in [-0.2, -0.15) is 0 Å². The molecule has 0 aliphatic rings. The van der Waals surface area contributed by atoms with Gasteiger partial charge >= 0.3 is 0 Å². The number of hydrogen-bond acceptors (Lipinski definition) is 4. The standard InChI is InChI=1S/C8H20N4/c1-6(2)5-7(11-10)8(9)12(3)4/h6,11H,5,9-10H2,1-4H3/b8-7+. The highest BCUT2D eigenvalue weighted by Crippen LogP contribution is 2.09. The van der Waals surface area contributed by atoms with E-state index in [4.69, 9.17) is 11.6 Å². The van der Waals surface area contributed by atoms with Crippen LogP contribution in [-0.4, -0.2) is 19.0 Å². The van der Waals surface area contributed by atoms with E-state index in [9.17, 15) is 0 Å². The van der Waals surface area contributed by atoms with Crippen LogP contribution in [0.1, 0.15) is 20.3 Å². The SMILES string of the molecule is CC(C)C/C(NN)=C(/N)N(C)C. The van der Waals surface area contributed by atoms with Gasteiger partial charge in [-0.3, -0.25) is 5.84 Å². The van der Waals surface area contributed by atoms with Gasteiger partial charge in [0.25, 0.3) is 0 Å². The van der Waals surface area contributed by atoms with Crippen LogP contribution in [-0.2, 0) is 0 Å². The lowest BCUT2D eigenvalue weighted by molar-refractivity contribution is 0.475. The fourth-order valence-electron chi connectivity index (χ4n) is 0.916. The molecule has 12 heavy (non-hydrogen) atoms. The van der Waals surface area contributed by atoms with Gasteiger partial charge in [0.15, 0.2) is 0 Å². The predicted molar refractivity (Wildman–Crippen MR) is 51.7 cm³/mol. The second kappa shape index (κ2) is 4.87. The molecule has 0 rings (SSSR count). The maximum Gasteiger partial charge on any atom is 0.119 e. The second-order valence-electron chi connectivity index (χ2n) is 3.50. The van der Waals surface area contributed by atoms with Gasteiger partial charge in [0, 0.05) is 14.1 Å². The topological polar surface area (TPSA) is 67.3 Å². The first-order valence-corrected chi connectivity index (χ1v) is 4.11. The Morgan fingerprint density at radius 3 is 2.17 bits per heavy atom. The van der Waals surface area contributed by atoms with Crippen molar-refractivity contribution >= 4 is 0 Å². The molecule has 0 aromatic heterocycles. The third-order valence-corrected chi connectivity index (χ3v) is 1.58. The first-order valence-electron chi connectivity index (χ1n) is 4.11. The Bertz CT molecular complexity index is 160. The van der Waals surface area contributed by atoms with Crippen LogP contribution in [0.25, 0.3) is 0 Å². The lowest BCUT2D eigenvalue weighted by Gasteiger charge is -2.18. The molecule has 0 heterocycles. The van der Waals surface area contributed by atoms with Gasteiger partial charge < -0.3 is 16.1 Å². The Balaban J connectivity index is 4.39. The number of hydrogen-bond donors (Lipinski definition) is 3. The smallest absolute Gasteiger partial charge is 0.119 e. The molecule has 0 fully saturated rings. The molecule has 4 heteroatoms. The Labute approximate surface area is 74.6 Å². The van der Waals surface area contributed by atoms with E-state index in [0.29, 0.717) is 11.7 Å². The van der Waals surface area contributed by atoms with Gasteiger partial charge in [-0.15, -0.1) is 0 Å². The zero-order chi connectivity index (χ0) is 9.72. The monoisotopic (exact) mass is 172 g/mol. The number of allylic oxidation sites excluding steroid dienone is 1. The molecule has 0 aromatic carbocycles. The van der Waals surface area contributed by atoms with Crippen molar-refractivity contribution in [3.8, 4) is 0 Å². The lowest BCUT2D eigenvalue weighted by atomic mass is 10.1. The zero-order valence-corrected chi connectivity index (χ0v) is 8.39. The Morgan fingerprint density at radius 2 is 1.92 bits per heavy atom. The summed E-state index contributed by atoms with van der Waals surface area (Å²) in [5.41, 5.74) is 9.31. The third kappa shape index (κ3) is 3.48. The van der Waals surface area contributed by atoms with E-state index in [1.807, 2.05) is 19.0 Å². The molecule has 5 N–H and O–H groups in total. The number of rotatable bonds is 4. The number of nitrogens with zero attached hydrogens (tertiary/aromatic N) is 1. The maximum absolute atomic E-state index is 5.78. The molecule has 0 aliphatic carbocycles. The van der Waals surface area contributed by atoms with Crippen LogP contribution in [0.3, 0.4) is 0 Å². The second-order valence-corrected chi connectivity index (χ2v) is 3.50. The fraction of sp³-hybridized carbons (Fsp3) is 0.750. The molecule has 72 valence electrons. The maximum atomic E-state index is 5.78. The van der Waals surface area contributed by atoms with E-state index < -0.39 is 0 Å². The van der Waals surface area contributed by atoms with E-state index in [1.54, 1.807) is 0 Å². The summed E-state index contributed by atoms with van der Waals surface area (Å²) in [5.74, 6) is 6.60. The summed E-state index contributed by atoms with van der Waals surface area (Å²) in [5, 5.41) is 0. The van der Waals surface area contributed by atoms with E-state index >= 15 is 0 Å². The van der Waals surface area contributed by atoms with Crippen LogP contribution in [0.4, 0.5) is 0 Å². The van der Waals surface area contributed by atoms with Gasteiger partial charge in [-0.05, 0) is 12.3 Å². The molecule has 0 radical (unpaired) electrons. The molecule has 0 saturated carbocycles. The molecule has 0 bridgehead atoms. The third-order valence-electron chi connectivity index (χ3n) is 1.58. The molecule has 0 atom stereocenters. The minimum atomic E-state index is 0.551. The Kier molecular flexibility index (Phi) is 4.51. The average Bonchev–Trinajstić information content (AvgIpc) is 1.98. The van der Waals surface area contributed by atoms with Crippen molar-refractivity contribution in [1.29, 1.82) is 0 Å². The zero-order valence-electron chi connectivity index (χ0n) is 8.39. The first-order chi connectivity index (χ1) is 5.49. The molecule has 0 amide bonds. The van der Waals surface area contributed by atoms with Crippen LogP contribution in [0.2, 0.25) is 0 Å². The summed E-state index contributed by atoms with van der Waals surface area (Å²) in [6.45, 7) is 4.25. The lowest BCUT2D eigenvalue weighted by Crippen LogP contribution is -2.31. The van der Waals surface area contributed by atoms with Crippen LogP contribution in [0, 0.1) is 5.92 Å². The Hall–Kier alpha value is -0.900. The Morgan fingerprint density at radius 1 is 1.42 bits per heavy atom. The molecule has 0 saturated heterocycles. The molecule has 4 nitrogen and oxygen atoms in total. The van der Waals surface area contributed by atoms with Gasteiger partial charge in [-0.1, -0.05) is 13.8 Å². The largest absolute Gasteiger partial charge is 0.384 e. The normalized spacial score (nSPS) is 12.8. The van der Waals surface area contributed by atoms with Crippen molar-refractivity contribution in [2.24, 2.45) is 17.5 Å². The predicted octanol–water partition coefficient (Wildman–Crippen LogP) is 0.185. The summed E-state index contributed by atoms with van der Waals surface area (Å²) >= 11 is 0. The van der Waals surface area contributed by atoms with Crippen LogP contribution in [0.5, 0.6) is 0 Å². The summed E-state index contributed by atoms with van der Waals surface area (Å²) < 4.78 is 0. The van der Waals surface area contributed by atoms with Crippen molar-refractivity contribution in [3.05, 3.63) is 11.5 Å². The first kappa shape index (κ1) is 11.1. The molecule has 0 spiro atoms. The van der Waals surface area contributed by atoms with E-state index in [0.717, 1.165) is 12.1 Å². The van der Waals surface area contributed by atoms with Crippen molar-refractivity contribution in [1.82, 2.24) is 10.3 Å². The quantitative estimate of drug-likeness (QED) is 0.418. The number of nitrogens with two attached hydrogens (primary N) is 2. The van der Waals surface area contributed by atoms with Crippen LogP contribution < -0.4 is 17.0 Å². The van der Waals surface area contributed by atoms with Gasteiger partial charge in [0.05, 0.1) is 5.70 Å². The average molecular weight is 172 g/mol. The summed E-state index contributed by atoms with van der Waals surface area (Å²) in [6, 6.07) is 0. The van der Waals surface area contributed by atoms with Crippen molar-refractivity contribution in [2.75, 3.05) is 14.1 Å². The van der Waals surface area contributed by atoms with Crippen molar-refractivity contribution < 1.29 is 0 Å². The highest BCUT2D eigenvalue weighted by molar-refractivity contribution is 5.06. The fourth-order valence-corrected chi connectivity index (χ4v) is 0.916. The van der Waals surface area contributed by atoms with E-state index in [1.165, 1.54) is 0 Å². The highest BCUT2D eigenvalue weighted by atomic mass is 15.3. The summed E-state index contributed by atoms with van der Waals surface area (Å²) in [6.07, 6.45) is 0.876. The molecular formula is C8H20N4. The minimum Gasteiger partial charge on any atom is -0.384 e. The number of hydrazine groups is 1. The highest BCUT2D eigenvalue weighted by Gasteiger charge is 2.05. The molecular weight excluding hydrogens is 152 g/mol. The molecule has 0 aromatic rings. The van der Waals surface area contributed by atoms with E-state index in [-0.39, 0.29) is 0 Å². The van der Waals surface area contributed by atoms with Gasteiger partial charge in [0.2, 0.25) is 0 Å². The number of nitrogens with one attached hydrogen (secondary N) is 1. The molecule has 0 unspecified atom stereocenters. The molecule has 0 aliphatic heterocycles. The van der Waals surface area contributed by atoms with Gasteiger partial charge in [-0.25, -0.2) is 0 Å². The van der Waals surface area contributed by atoms with Crippen molar-refractivity contribution in [3.63, 3.8) is 0 Å². The summed E-state index contributed by atoms with van der Waals surface area (Å²) in [4.78, 5) is 1.84. The summed E-state index contributed by atoms with van der Waals surface area (Å²) in [7, 11) is 3.79. The van der Waals surface area contributed by atoms with E-state index in [2.05, 4.69) is 19.3 Å². The van der Waals surface area contributed by atoms with Crippen LogP contribution >= 0.6 is 0 Å². The van der Waals surface area contributed by atoms with Crippen molar-refractivity contribution in [2.45, 2.75) is 20.3 Å². The van der Waals surface area contributed by atoms with Crippen LogP contribution in [0.15, 0.2) is 11.5 Å². The minimum absolute atomic E-state index is 0.551.